The highest BCUT2D eigenvalue weighted by molar-refractivity contribution is 7.89. The fraction of sp³-hybridized carbons (Fsp3) is 0.409. The Bertz CT molecular complexity index is 1120. The lowest BCUT2D eigenvalue weighted by Crippen LogP contribution is -2.43. The predicted octanol–water partition coefficient (Wildman–Crippen LogP) is 4.04. The van der Waals surface area contributed by atoms with E-state index in [1.165, 1.54) is 16.4 Å². The number of nitrogens with zero attached hydrogens (tertiary/aromatic N) is 1. The average Bonchev–Trinajstić information content (AvgIpc) is 2.80. The molecule has 2 aromatic carbocycles. The van der Waals surface area contributed by atoms with E-state index in [-0.39, 0.29) is 40.9 Å². The summed E-state index contributed by atoms with van der Waals surface area (Å²) in [7, 11) is -3.78. The van der Waals surface area contributed by atoms with E-state index in [0.29, 0.717) is 42.6 Å². The average molecular weight is 499 g/mol. The maximum absolute atomic E-state index is 13.0. The third-order valence-corrected chi connectivity index (χ3v) is 8.38. The molecule has 2 aliphatic rings. The van der Waals surface area contributed by atoms with Crippen LogP contribution in [0, 0.1) is 5.92 Å². The van der Waals surface area contributed by atoms with Crippen LogP contribution in [0.2, 0.25) is 10.0 Å². The number of nitrogens with one attached hydrogen (secondary N) is 1. The van der Waals surface area contributed by atoms with Crippen molar-refractivity contribution in [2.75, 3.05) is 26.3 Å². The van der Waals surface area contributed by atoms with Gasteiger partial charge >= 0.3 is 0 Å². The van der Waals surface area contributed by atoms with Crippen LogP contribution in [0.1, 0.15) is 31.4 Å². The zero-order valence-electron chi connectivity index (χ0n) is 17.5. The van der Waals surface area contributed by atoms with E-state index >= 15 is 0 Å². The standard InChI is InChI=1S/C22H24Cl2N2O5S/c1-14(16-2-5-19-20(12-16)31-11-10-30-19)25-22(27)15-6-8-26(9-7-15)32(28,29)21-13-17(23)3-4-18(21)24/h2-5,12-15H,6-11H2,1H3,(H,25,27)/t14-/m1/s1. The Kier molecular flexibility index (Phi) is 6.86. The summed E-state index contributed by atoms with van der Waals surface area (Å²) in [6.45, 7) is 3.41. The molecule has 0 unspecified atom stereocenters. The number of rotatable bonds is 5. The van der Waals surface area contributed by atoms with Gasteiger partial charge in [0.15, 0.2) is 11.5 Å². The van der Waals surface area contributed by atoms with Gasteiger partial charge in [0, 0.05) is 24.0 Å². The number of sulfonamides is 1. The summed E-state index contributed by atoms with van der Waals surface area (Å²) in [5, 5.41) is 3.46. The first-order chi connectivity index (χ1) is 15.3. The van der Waals surface area contributed by atoms with Crippen molar-refractivity contribution in [3.05, 3.63) is 52.0 Å². The van der Waals surface area contributed by atoms with Crippen LogP contribution < -0.4 is 14.8 Å². The molecule has 172 valence electrons. The topological polar surface area (TPSA) is 84.9 Å². The van der Waals surface area contributed by atoms with Gasteiger partial charge in [-0.3, -0.25) is 4.79 Å². The largest absolute Gasteiger partial charge is 0.486 e. The number of ether oxygens (including phenoxy) is 2. The summed E-state index contributed by atoms with van der Waals surface area (Å²) in [6.07, 6.45) is 0.855. The smallest absolute Gasteiger partial charge is 0.244 e. The minimum absolute atomic E-state index is 0.0122. The highest BCUT2D eigenvalue weighted by Crippen LogP contribution is 2.33. The molecule has 1 N–H and O–H groups in total. The van der Waals surface area contributed by atoms with Gasteiger partial charge in [-0.05, 0) is 55.7 Å². The molecule has 0 saturated carbocycles. The molecule has 2 heterocycles. The number of hydrogen-bond acceptors (Lipinski definition) is 5. The lowest BCUT2D eigenvalue weighted by atomic mass is 9.96. The number of carbonyl (C=O) groups excluding carboxylic acids is 1. The Hall–Kier alpha value is -2.00. The molecule has 32 heavy (non-hydrogen) atoms. The maximum atomic E-state index is 13.0. The molecule has 0 aromatic heterocycles. The Morgan fingerprint density at radius 3 is 2.47 bits per heavy atom. The molecule has 1 atom stereocenters. The summed E-state index contributed by atoms with van der Waals surface area (Å²) in [4.78, 5) is 12.8. The van der Waals surface area contributed by atoms with Crippen LogP contribution >= 0.6 is 23.2 Å². The van der Waals surface area contributed by atoms with Crippen molar-refractivity contribution in [3.8, 4) is 11.5 Å². The molecule has 7 nitrogen and oxygen atoms in total. The molecule has 10 heteroatoms. The van der Waals surface area contributed by atoms with Gasteiger partial charge in [-0.2, -0.15) is 4.31 Å². The number of amides is 1. The van der Waals surface area contributed by atoms with Crippen molar-refractivity contribution >= 4 is 39.1 Å². The molecule has 0 bridgehead atoms. The fourth-order valence-corrected chi connectivity index (χ4v) is 6.12. The third kappa shape index (κ3) is 4.83. The van der Waals surface area contributed by atoms with E-state index in [4.69, 9.17) is 32.7 Å². The summed E-state index contributed by atoms with van der Waals surface area (Å²) < 4.78 is 38.5. The van der Waals surface area contributed by atoms with Gasteiger partial charge < -0.3 is 14.8 Å². The summed E-state index contributed by atoms with van der Waals surface area (Å²) in [5.41, 5.74) is 0.915. The van der Waals surface area contributed by atoms with Crippen molar-refractivity contribution in [3.63, 3.8) is 0 Å². The summed E-state index contributed by atoms with van der Waals surface area (Å²) in [6, 6.07) is 9.78. The Balaban J connectivity index is 1.37. The van der Waals surface area contributed by atoms with Gasteiger partial charge in [0.25, 0.3) is 0 Å². The van der Waals surface area contributed by atoms with E-state index in [2.05, 4.69) is 5.32 Å². The van der Waals surface area contributed by atoms with Gasteiger partial charge in [-0.15, -0.1) is 0 Å². The normalized spacial score (nSPS) is 18.2. The Morgan fingerprint density at radius 2 is 1.75 bits per heavy atom. The van der Waals surface area contributed by atoms with Crippen LogP contribution in [0.3, 0.4) is 0 Å². The first-order valence-electron chi connectivity index (χ1n) is 10.4. The summed E-state index contributed by atoms with van der Waals surface area (Å²) >= 11 is 12.0. The number of piperidine rings is 1. The molecule has 4 rings (SSSR count). The minimum atomic E-state index is -3.78. The number of fused-ring (bicyclic) bond motifs is 1. The monoisotopic (exact) mass is 498 g/mol. The molecular formula is C22H24Cl2N2O5S. The van der Waals surface area contributed by atoms with Gasteiger partial charge in [-0.1, -0.05) is 29.3 Å². The Labute approximate surface area is 197 Å². The van der Waals surface area contributed by atoms with Crippen LogP contribution in [0.5, 0.6) is 11.5 Å². The van der Waals surface area contributed by atoms with Crippen LogP contribution in [0.4, 0.5) is 0 Å². The van der Waals surface area contributed by atoms with Gasteiger partial charge in [0.1, 0.15) is 18.1 Å². The van der Waals surface area contributed by atoms with Gasteiger partial charge in [0.2, 0.25) is 15.9 Å². The number of benzene rings is 2. The zero-order chi connectivity index (χ0) is 22.9. The lowest BCUT2D eigenvalue weighted by Gasteiger charge is -2.31. The van der Waals surface area contributed by atoms with Crippen molar-refractivity contribution < 1.29 is 22.7 Å². The SMILES string of the molecule is C[C@@H](NC(=O)C1CCN(S(=O)(=O)c2cc(Cl)ccc2Cl)CC1)c1ccc2c(c1)OCCO2. The first-order valence-corrected chi connectivity index (χ1v) is 12.6. The molecule has 1 saturated heterocycles. The number of hydrogen-bond donors (Lipinski definition) is 1. The molecule has 2 aromatic rings. The minimum Gasteiger partial charge on any atom is -0.486 e. The van der Waals surface area contributed by atoms with E-state index in [1.807, 2.05) is 25.1 Å². The second-order valence-corrected chi connectivity index (χ2v) is 10.6. The summed E-state index contributed by atoms with van der Waals surface area (Å²) in [5.74, 6) is 1.01. The predicted molar refractivity (Wildman–Crippen MR) is 122 cm³/mol. The third-order valence-electron chi connectivity index (χ3n) is 5.76. The number of carbonyl (C=O) groups is 1. The molecule has 0 spiro atoms. The fourth-order valence-electron chi connectivity index (χ4n) is 3.92. The van der Waals surface area contributed by atoms with Crippen molar-refractivity contribution in [2.45, 2.75) is 30.7 Å². The second-order valence-electron chi connectivity index (χ2n) is 7.89. The van der Waals surface area contributed by atoms with Crippen LogP contribution in [0.25, 0.3) is 0 Å². The van der Waals surface area contributed by atoms with Gasteiger partial charge in [-0.25, -0.2) is 8.42 Å². The zero-order valence-corrected chi connectivity index (χ0v) is 19.8. The molecule has 1 amide bonds. The van der Waals surface area contributed by atoms with E-state index in [0.717, 1.165) is 5.56 Å². The molecule has 1 fully saturated rings. The Morgan fingerprint density at radius 1 is 1.06 bits per heavy atom. The van der Waals surface area contributed by atoms with E-state index < -0.39 is 10.0 Å². The second kappa shape index (κ2) is 9.47. The lowest BCUT2D eigenvalue weighted by molar-refractivity contribution is -0.126. The molecular weight excluding hydrogens is 475 g/mol. The van der Waals surface area contributed by atoms with Gasteiger partial charge in [0.05, 0.1) is 11.1 Å². The first kappa shape index (κ1) is 23.2. The number of halogens is 2. The quantitative estimate of drug-likeness (QED) is 0.672. The highest BCUT2D eigenvalue weighted by Gasteiger charge is 2.33. The van der Waals surface area contributed by atoms with E-state index in [9.17, 15) is 13.2 Å². The van der Waals surface area contributed by atoms with Crippen LogP contribution in [-0.2, 0) is 14.8 Å². The van der Waals surface area contributed by atoms with Crippen LogP contribution in [-0.4, -0.2) is 44.9 Å². The maximum Gasteiger partial charge on any atom is 0.244 e. The molecule has 2 aliphatic heterocycles. The van der Waals surface area contributed by atoms with E-state index in [1.54, 1.807) is 6.07 Å². The molecule has 0 aliphatic carbocycles. The molecule has 0 radical (unpaired) electrons. The van der Waals surface area contributed by atoms with Crippen molar-refractivity contribution in [1.82, 2.24) is 9.62 Å². The van der Waals surface area contributed by atoms with Crippen molar-refractivity contribution in [2.24, 2.45) is 5.92 Å². The van der Waals surface area contributed by atoms with Crippen LogP contribution in [0.15, 0.2) is 41.3 Å². The highest BCUT2D eigenvalue weighted by atomic mass is 35.5. The van der Waals surface area contributed by atoms with Crippen molar-refractivity contribution in [1.29, 1.82) is 0 Å².